The maximum absolute atomic E-state index is 12.7. The van der Waals surface area contributed by atoms with Crippen LogP contribution in [0, 0.1) is 0 Å². The Morgan fingerprint density at radius 1 is 1.06 bits per heavy atom. The SMILES string of the molecule is CN(C)C(CNC(=O)c1ccc(S(=O)(=O)N2CCCC2)cc1)c1ccc2c(c1)OCO2.Cl. The molecule has 2 aromatic rings. The van der Waals surface area contributed by atoms with Gasteiger partial charge in [0.2, 0.25) is 16.8 Å². The number of fused-ring (bicyclic) bond motifs is 1. The molecule has 0 aliphatic carbocycles. The van der Waals surface area contributed by atoms with E-state index in [0.717, 1.165) is 18.4 Å². The average molecular weight is 482 g/mol. The fourth-order valence-electron chi connectivity index (χ4n) is 3.87. The molecule has 2 aromatic carbocycles. The highest BCUT2D eigenvalue weighted by molar-refractivity contribution is 7.89. The number of nitrogens with zero attached hydrogens (tertiary/aromatic N) is 2. The molecule has 1 N–H and O–H groups in total. The van der Waals surface area contributed by atoms with Gasteiger partial charge in [0.25, 0.3) is 5.91 Å². The van der Waals surface area contributed by atoms with Crippen molar-refractivity contribution in [3.63, 3.8) is 0 Å². The molecule has 2 heterocycles. The van der Waals surface area contributed by atoms with Gasteiger partial charge in [-0.15, -0.1) is 12.4 Å². The standard InChI is InChI=1S/C22H27N3O5S.ClH/c1-24(2)19(17-7-10-20-21(13-17)30-15-29-20)14-23-22(26)16-5-8-18(9-6-16)31(27,28)25-11-3-4-12-25;/h5-10,13,19H,3-4,11-12,14-15H2,1-2H3,(H,23,26);1H. The van der Waals surface area contributed by atoms with Gasteiger partial charge in [0.1, 0.15) is 0 Å². The van der Waals surface area contributed by atoms with E-state index < -0.39 is 10.0 Å². The Morgan fingerprint density at radius 2 is 1.72 bits per heavy atom. The van der Waals surface area contributed by atoms with Crippen molar-refractivity contribution in [1.29, 1.82) is 0 Å². The highest BCUT2D eigenvalue weighted by Crippen LogP contribution is 2.35. The summed E-state index contributed by atoms with van der Waals surface area (Å²) in [6.07, 6.45) is 1.77. The van der Waals surface area contributed by atoms with E-state index in [9.17, 15) is 13.2 Å². The fourth-order valence-corrected chi connectivity index (χ4v) is 5.38. The Labute approximate surface area is 194 Å². The molecule has 1 atom stereocenters. The molecule has 2 aliphatic rings. The third-order valence-electron chi connectivity index (χ3n) is 5.68. The van der Waals surface area contributed by atoms with Gasteiger partial charge in [0, 0.05) is 25.2 Å². The van der Waals surface area contributed by atoms with E-state index in [-0.39, 0.29) is 36.0 Å². The van der Waals surface area contributed by atoms with Gasteiger partial charge in [-0.05, 0) is 68.9 Å². The molecule has 0 aromatic heterocycles. The number of carbonyl (C=O) groups excluding carboxylic acids is 1. The van der Waals surface area contributed by atoms with Crippen molar-refractivity contribution in [3.8, 4) is 11.5 Å². The number of hydrogen-bond acceptors (Lipinski definition) is 6. The molecular formula is C22H28ClN3O5S. The van der Waals surface area contributed by atoms with Crippen molar-refractivity contribution in [3.05, 3.63) is 53.6 Å². The number of hydrogen-bond donors (Lipinski definition) is 1. The zero-order chi connectivity index (χ0) is 22.0. The third kappa shape index (κ3) is 5.01. The number of ether oxygens (including phenoxy) is 2. The minimum atomic E-state index is -3.49. The van der Waals surface area contributed by atoms with Crippen LogP contribution >= 0.6 is 12.4 Å². The predicted molar refractivity (Wildman–Crippen MR) is 123 cm³/mol. The van der Waals surface area contributed by atoms with Crippen LogP contribution in [0.5, 0.6) is 11.5 Å². The average Bonchev–Trinajstić information content (AvgIpc) is 3.45. The first-order valence-corrected chi connectivity index (χ1v) is 11.7. The van der Waals surface area contributed by atoms with Crippen LogP contribution in [-0.2, 0) is 10.0 Å². The maximum Gasteiger partial charge on any atom is 0.251 e. The smallest absolute Gasteiger partial charge is 0.251 e. The van der Waals surface area contributed by atoms with Gasteiger partial charge in [0.15, 0.2) is 11.5 Å². The highest BCUT2D eigenvalue weighted by Gasteiger charge is 2.27. The van der Waals surface area contributed by atoms with Crippen LogP contribution in [0.1, 0.15) is 34.8 Å². The van der Waals surface area contributed by atoms with Crippen LogP contribution in [0.25, 0.3) is 0 Å². The van der Waals surface area contributed by atoms with E-state index in [1.54, 1.807) is 12.1 Å². The normalized spacial score (nSPS) is 16.6. The third-order valence-corrected chi connectivity index (χ3v) is 7.59. The summed E-state index contributed by atoms with van der Waals surface area (Å²) in [4.78, 5) is 14.9. The minimum Gasteiger partial charge on any atom is -0.454 e. The summed E-state index contributed by atoms with van der Waals surface area (Å²) in [6.45, 7) is 1.71. The summed E-state index contributed by atoms with van der Waals surface area (Å²) >= 11 is 0. The van der Waals surface area contributed by atoms with Gasteiger partial charge in [-0.3, -0.25) is 4.79 Å². The molecule has 1 saturated heterocycles. The van der Waals surface area contributed by atoms with E-state index in [1.165, 1.54) is 16.4 Å². The van der Waals surface area contributed by atoms with Crippen molar-refractivity contribution in [2.45, 2.75) is 23.8 Å². The Kier molecular flexibility index (Phi) is 7.66. The number of nitrogens with one attached hydrogen (secondary N) is 1. The van der Waals surface area contributed by atoms with Crippen molar-refractivity contribution >= 4 is 28.3 Å². The molecule has 1 unspecified atom stereocenters. The van der Waals surface area contributed by atoms with Gasteiger partial charge in [-0.1, -0.05) is 6.07 Å². The quantitative estimate of drug-likeness (QED) is 0.654. The van der Waals surface area contributed by atoms with E-state index in [2.05, 4.69) is 5.32 Å². The Hall–Kier alpha value is -2.33. The van der Waals surface area contributed by atoms with Crippen LogP contribution in [0.4, 0.5) is 0 Å². The van der Waals surface area contributed by atoms with Crippen LogP contribution in [-0.4, -0.2) is 64.1 Å². The Bertz CT molecular complexity index is 1050. The van der Waals surface area contributed by atoms with Gasteiger partial charge in [-0.2, -0.15) is 4.31 Å². The summed E-state index contributed by atoms with van der Waals surface area (Å²) < 4.78 is 37.6. The number of likely N-dealkylation sites (N-methyl/N-ethyl adjacent to an activating group) is 1. The number of benzene rings is 2. The lowest BCUT2D eigenvalue weighted by Gasteiger charge is -2.25. The molecule has 32 heavy (non-hydrogen) atoms. The summed E-state index contributed by atoms with van der Waals surface area (Å²) in [5.74, 6) is 1.16. The lowest BCUT2D eigenvalue weighted by atomic mass is 10.0. The second-order valence-electron chi connectivity index (χ2n) is 7.94. The maximum atomic E-state index is 12.7. The lowest BCUT2D eigenvalue weighted by molar-refractivity contribution is 0.0942. The largest absolute Gasteiger partial charge is 0.454 e. The monoisotopic (exact) mass is 481 g/mol. The number of carbonyl (C=O) groups is 1. The molecule has 0 bridgehead atoms. The van der Waals surface area contributed by atoms with E-state index in [0.29, 0.717) is 36.7 Å². The van der Waals surface area contributed by atoms with E-state index >= 15 is 0 Å². The molecule has 2 aliphatic heterocycles. The zero-order valence-corrected chi connectivity index (χ0v) is 19.7. The van der Waals surface area contributed by atoms with Gasteiger partial charge >= 0.3 is 0 Å². The topological polar surface area (TPSA) is 88.2 Å². The summed E-state index contributed by atoms with van der Waals surface area (Å²) in [5, 5.41) is 2.95. The lowest BCUT2D eigenvalue weighted by Crippen LogP contribution is -2.34. The Balaban J connectivity index is 0.00000289. The fraction of sp³-hybridized carbons (Fsp3) is 0.409. The predicted octanol–water partition coefficient (Wildman–Crippen LogP) is 2.65. The summed E-state index contributed by atoms with van der Waals surface area (Å²) in [5.41, 5.74) is 1.42. The molecular weight excluding hydrogens is 454 g/mol. The Morgan fingerprint density at radius 3 is 2.38 bits per heavy atom. The molecule has 0 saturated carbocycles. The van der Waals surface area contributed by atoms with Crippen molar-refractivity contribution in [1.82, 2.24) is 14.5 Å². The number of sulfonamides is 1. The van der Waals surface area contributed by atoms with Crippen molar-refractivity contribution in [2.24, 2.45) is 0 Å². The minimum absolute atomic E-state index is 0. The van der Waals surface area contributed by atoms with Crippen LogP contribution < -0.4 is 14.8 Å². The van der Waals surface area contributed by atoms with Gasteiger partial charge < -0.3 is 19.7 Å². The molecule has 0 spiro atoms. The molecule has 10 heteroatoms. The van der Waals surface area contributed by atoms with Crippen molar-refractivity contribution in [2.75, 3.05) is 40.5 Å². The molecule has 4 rings (SSSR count). The van der Waals surface area contributed by atoms with Crippen LogP contribution in [0.3, 0.4) is 0 Å². The van der Waals surface area contributed by atoms with Crippen molar-refractivity contribution < 1.29 is 22.7 Å². The molecule has 8 nitrogen and oxygen atoms in total. The second-order valence-corrected chi connectivity index (χ2v) is 9.88. The van der Waals surface area contributed by atoms with Gasteiger partial charge in [-0.25, -0.2) is 8.42 Å². The summed E-state index contributed by atoms with van der Waals surface area (Å²) in [6, 6.07) is 11.8. The highest BCUT2D eigenvalue weighted by atomic mass is 35.5. The molecule has 1 fully saturated rings. The molecule has 1 amide bonds. The number of amides is 1. The summed E-state index contributed by atoms with van der Waals surface area (Å²) in [7, 11) is 0.401. The zero-order valence-electron chi connectivity index (χ0n) is 18.1. The second kappa shape index (κ2) is 10.1. The first-order chi connectivity index (χ1) is 14.9. The molecule has 174 valence electrons. The van der Waals surface area contributed by atoms with Gasteiger partial charge in [0.05, 0.1) is 10.9 Å². The van der Waals surface area contributed by atoms with Crippen LogP contribution in [0.15, 0.2) is 47.4 Å². The number of rotatable bonds is 7. The van der Waals surface area contributed by atoms with Crippen LogP contribution in [0.2, 0.25) is 0 Å². The molecule has 0 radical (unpaired) electrons. The first kappa shape index (κ1) is 24.3. The van der Waals surface area contributed by atoms with E-state index in [4.69, 9.17) is 9.47 Å². The first-order valence-electron chi connectivity index (χ1n) is 10.3. The number of halogens is 1. The van der Waals surface area contributed by atoms with E-state index in [1.807, 2.05) is 37.2 Å².